The van der Waals surface area contributed by atoms with E-state index in [1.165, 1.54) is 28.5 Å². The van der Waals surface area contributed by atoms with Crippen LogP contribution in [-0.2, 0) is 17.6 Å². The number of benzene rings is 1. The van der Waals surface area contributed by atoms with Gasteiger partial charge >= 0.3 is 0 Å². The first kappa shape index (κ1) is 18.8. The van der Waals surface area contributed by atoms with E-state index in [9.17, 15) is 0 Å². The molecule has 0 bridgehead atoms. The molecule has 0 fully saturated rings. The monoisotopic (exact) mass is 422 g/mol. The summed E-state index contributed by atoms with van der Waals surface area (Å²) in [6.07, 6.45) is 5.36. The number of nitrogens with zero attached hydrogens (tertiary/aromatic N) is 3. The Balaban J connectivity index is 1.77. The molecule has 1 aromatic carbocycles. The standard InChI is InChI=1S/C22H22N4OS2/c1-27-12-11-23-20-19-18(25-22(26-20)28-2)16-14-9-6-10-15(14)17(24-21(16)29-19)13-7-4-3-5-8-13/h3-5,7-8H,6,9-12H2,1-2H3,(H,23,25,26). The van der Waals surface area contributed by atoms with Crippen LogP contribution in [0.15, 0.2) is 35.5 Å². The van der Waals surface area contributed by atoms with E-state index in [0.29, 0.717) is 13.2 Å². The van der Waals surface area contributed by atoms with Crippen molar-refractivity contribution in [3.63, 3.8) is 0 Å². The Hall–Kier alpha value is -2.22. The van der Waals surface area contributed by atoms with Crippen molar-refractivity contribution in [1.29, 1.82) is 0 Å². The summed E-state index contributed by atoms with van der Waals surface area (Å²) >= 11 is 3.26. The van der Waals surface area contributed by atoms with Crippen LogP contribution in [0.2, 0.25) is 0 Å². The van der Waals surface area contributed by atoms with Crippen LogP contribution in [0, 0.1) is 0 Å². The van der Waals surface area contributed by atoms with E-state index in [2.05, 4.69) is 35.6 Å². The summed E-state index contributed by atoms with van der Waals surface area (Å²) in [4.78, 5) is 15.8. The summed E-state index contributed by atoms with van der Waals surface area (Å²) < 4.78 is 6.28. The van der Waals surface area contributed by atoms with Gasteiger partial charge in [0.05, 0.1) is 22.5 Å². The van der Waals surface area contributed by atoms with E-state index < -0.39 is 0 Å². The summed E-state index contributed by atoms with van der Waals surface area (Å²) in [5.74, 6) is 0.882. The van der Waals surface area contributed by atoms with Crippen molar-refractivity contribution in [2.24, 2.45) is 0 Å². The molecule has 1 aliphatic rings. The number of aromatic nitrogens is 3. The zero-order chi connectivity index (χ0) is 19.8. The average Bonchev–Trinajstić information content (AvgIpc) is 3.38. The molecule has 7 heteroatoms. The second-order valence-electron chi connectivity index (χ2n) is 7.08. The lowest BCUT2D eigenvalue weighted by molar-refractivity contribution is 0.210. The molecule has 0 unspecified atom stereocenters. The predicted octanol–water partition coefficient (Wildman–Crippen LogP) is 5.18. The summed E-state index contributed by atoms with van der Waals surface area (Å²) in [6.45, 7) is 1.35. The van der Waals surface area contributed by atoms with Crippen molar-refractivity contribution in [2.75, 3.05) is 31.8 Å². The van der Waals surface area contributed by atoms with Gasteiger partial charge in [-0.3, -0.25) is 0 Å². The van der Waals surface area contributed by atoms with Gasteiger partial charge < -0.3 is 10.1 Å². The Labute approximate surface area is 177 Å². The molecule has 1 aliphatic carbocycles. The van der Waals surface area contributed by atoms with Gasteiger partial charge in [0, 0.05) is 24.6 Å². The number of aryl methyl sites for hydroxylation is 1. The number of methoxy groups -OCH3 is 1. The van der Waals surface area contributed by atoms with Gasteiger partial charge in [-0.05, 0) is 36.6 Å². The van der Waals surface area contributed by atoms with Gasteiger partial charge in [-0.2, -0.15) is 0 Å². The molecular formula is C22H22N4OS2. The number of hydrogen-bond donors (Lipinski definition) is 1. The second-order valence-corrected chi connectivity index (χ2v) is 8.85. The Morgan fingerprint density at radius 1 is 1.10 bits per heavy atom. The van der Waals surface area contributed by atoms with Gasteiger partial charge in [-0.25, -0.2) is 15.0 Å². The van der Waals surface area contributed by atoms with E-state index in [0.717, 1.165) is 44.6 Å². The molecule has 29 heavy (non-hydrogen) atoms. The fourth-order valence-electron chi connectivity index (χ4n) is 4.06. The Kier molecular flexibility index (Phi) is 5.11. The Bertz CT molecular complexity index is 1190. The lowest BCUT2D eigenvalue weighted by Gasteiger charge is -2.10. The van der Waals surface area contributed by atoms with Crippen molar-refractivity contribution in [2.45, 2.75) is 24.4 Å². The molecular weight excluding hydrogens is 400 g/mol. The molecule has 3 aromatic heterocycles. The quantitative estimate of drug-likeness (QED) is 0.263. The zero-order valence-corrected chi connectivity index (χ0v) is 18.1. The highest BCUT2D eigenvalue weighted by Gasteiger charge is 2.25. The first-order valence-electron chi connectivity index (χ1n) is 9.78. The number of anilines is 1. The molecule has 5 rings (SSSR count). The number of rotatable bonds is 6. The smallest absolute Gasteiger partial charge is 0.189 e. The molecule has 0 saturated carbocycles. The van der Waals surface area contributed by atoms with Crippen LogP contribution < -0.4 is 5.32 Å². The number of fused-ring (bicyclic) bond motifs is 5. The minimum Gasteiger partial charge on any atom is -0.383 e. The number of hydrogen-bond acceptors (Lipinski definition) is 7. The average molecular weight is 423 g/mol. The van der Waals surface area contributed by atoms with Crippen LogP contribution in [0.5, 0.6) is 0 Å². The van der Waals surface area contributed by atoms with Crippen LogP contribution in [-0.4, -0.2) is 41.5 Å². The van der Waals surface area contributed by atoms with E-state index in [-0.39, 0.29) is 0 Å². The van der Waals surface area contributed by atoms with Gasteiger partial charge in [0.2, 0.25) is 0 Å². The van der Waals surface area contributed by atoms with E-state index in [1.807, 2.05) is 6.26 Å². The van der Waals surface area contributed by atoms with Gasteiger partial charge in [0.25, 0.3) is 0 Å². The summed E-state index contributed by atoms with van der Waals surface area (Å²) in [5, 5.41) is 5.45. The van der Waals surface area contributed by atoms with Gasteiger partial charge in [0.15, 0.2) is 5.16 Å². The maximum Gasteiger partial charge on any atom is 0.189 e. The van der Waals surface area contributed by atoms with E-state index >= 15 is 0 Å². The van der Waals surface area contributed by atoms with Crippen molar-refractivity contribution in [1.82, 2.24) is 15.0 Å². The molecule has 1 N–H and O–H groups in total. The summed E-state index contributed by atoms with van der Waals surface area (Å²) in [6, 6.07) is 10.5. The third-order valence-electron chi connectivity index (χ3n) is 5.34. The van der Waals surface area contributed by atoms with Crippen LogP contribution in [0.25, 0.3) is 31.7 Å². The molecule has 4 aromatic rings. The number of ether oxygens (including phenoxy) is 1. The minimum atomic E-state index is 0.636. The minimum absolute atomic E-state index is 0.636. The third kappa shape index (κ3) is 3.27. The molecule has 0 amide bonds. The van der Waals surface area contributed by atoms with Crippen molar-refractivity contribution >= 4 is 49.3 Å². The number of nitrogens with one attached hydrogen (secondary N) is 1. The lowest BCUT2D eigenvalue weighted by atomic mass is 10.0. The first-order chi connectivity index (χ1) is 14.3. The second kappa shape index (κ2) is 7.89. The molecule has 0 aliphatic heterocycles. The van der Waals surface area contributed by atoms with Crippen LogP contribution in [0.3, 0.4) is 0 Å². The van der Waals surface area contributed by atoms with E-state index in [1.54, 1.807) is 30.2 Å². The highest BCUT2D eigenvalue weighted by atomic mass is 32.2. The fourth-order valence-corrected chi connectivity index (χ4v) is 5.54. The van der Waals surface area contributed by atoms with Gasteiger partial charge in [-0.15, -0.1) is 11.3 Å². The summed E-state index contributed by atoms with van der Waals surface area (Å²) in [5.41, 5.74) is 6.17. The highest BCUT2D eigenvalue weighted by molar-refractivity contribution is 7.98. The van der Waals surface area contributed by atoms with Gasteiger partial charge in [-0.1, -0.05) is 42.1 Å². The molecule has 148 valence electrons. The fraction of sp³-hybridized carbons (Fsp3) is 0.318. The summed E-state index contributed by atoms with van der Waals surface area (Å²) in [7, 11) is 1.71. The van der Waals surface area contributed by atoms with Crippen LogP contribution in [0.1, 0.15) is 17.5 Å². The van der Waals surface area contributed by atoms with Crippen molar-refractivity contribution in [3.05, 3.63) is 41.5 Å². The lowest BCUT2D eigenvalue weighted by Crippen LogP contribution is -2.09. The third-order valence-corrected chi connectivity index (χ3v) is 6.97. The predicted molar refractivity (Wildman–Crippen MR) is 122 cm³/mol. The Morgan fingerprint density at radius 2 is 1.93 bits per heavy atom. The number of thiophene rings is 1. The highest BCUT2D eigenvalue weighted by Crippen LogP contribution is 2.43. The van der Waals surface area contributed by atoms with Crippen LogP contribution in [0.4, 0.5) is 5.82 Å². The zero-order valence-electron chi connectivity index (χ0n) is 16.5. The largest absolute Gasteiger partial charge is 0.383 e. The van der Waals surface area contributed by atoms with E-state index in [4.69, 9.17) is 19.7 Å². The molecule has 0 saturated heterocycles. The topological polar surface area (TPSA) is 59.9 Å². The molecule has 5 nitrogen and oxygen atoms in total. The maximum atomic E-state index is 5.20. The number of thioether (sulfide) groups is 1. The SMILES string of the molecule is COCCNc1nc(SC)nc2c1sc1nc(-c3ccccc3)c3c(c12)CCC3. The molecule has 0 radical (unpaired) electrons. The Morgan fingerprint density at radius 3 is 2.72 bits per heavy atom. The molecule has 0 spiro atoms. The normalized spacial score (nSPS) is 13.3. The van der Waals surface area contributed by atoms with Gasteiger partial charge in [0.1, 0.15) is 10.6 Å². The molecule has 0 atom stereocenters. The number of pyridine rings is 1. The van der Waals surface area contributed by atoms with Crippen molar-refractivity contribution < 1.29 is 4.74 Å². The first-order valence-corrected chi connectivity index (χ1v) is 11.8. The molecule has 3 heterocycles. The van der Waals surface area contributed by atoms with Crippen LogP contribution >= 0.6 is 23.1 Å². The maximum absolute atomic E-state index is 5.20. The van der Waals surface area contributed by atoms with Crippen molar-refractivity contribution in [3.8, 4) is 11.3 Å².